The minimum atomic E-state index is -4.73. The molecule has 0 spiro atoms. The minimum absolute atomic E-state index is 0.0813. The number of phosphoric ester groups is 1. The molecule has 134 valence electrons. The third-order valence-corrected chi connectivity index (χ3v) is 4.46. The summed E-state index contributed by atoms with van der Waals surface area (Å²) in [5.74, 6) is 0.465. The predicted molar refractivity (Wildman–Crippen MR) is 82.3 cm³/mol. The third-order valence-electron chi connectivity index (χ3n) is 3.92. The Morgan fingerprint density at radius 1 is 1.54 bits per heavy atom. The lowest BCUT2D eigenvalue weighted by Gasteiger charge is -2.25. The highest BCUT2D eigenvalue weighted by Gasteiger charge is 2.44. The molecule has 2 aliphatic rings. The molecule has 3 rings (SSSR count). The molecule has 0 bridgehead atoms. The molecule has 12 nitrogen and oxygen atoms in total. The van der Waals surface area contributed by atoms with Gasteiger partial charge in [-0.1, -0.05) is 0 Å². The topological polar surface area (TPSA) is 174 Å². The lowest BCUT2D eigenvalue weighted by Crippen LogP contribution is -2.38. The van der Waals surface area contributed by atoms with E-state index in [-0.39, 0.29) is 12.2 Å². The second-order valence-corrected chi connectivity index (χ2v) is 6.81. The number of nitrogens with two attached hydrogens (primary N) is 1. The number of fused-ring (bicyclic) bond motifs is 1. The molecule has 0 amide bonds. The Bertz CT molecular complexity index is 736. The van der Waals surface area contributed by atoms with Gasteiger partial charge in [0.25, 0.3) is 0 Å². The van der Waals surface area contributed by atoms with E-state index < -0.39 is 38.6 Å². The summed E-state index contributed by atoms with van der Waals surface area (Å²) >= 11 is 0. The second kappa shape index (κ2) is 5.99. The first-order valence-electron chi connectivity index (χ1n) is 7.07. The number of hydrogen-bond acceptors (Lipinski definition) is 9. The van der Waals surface area contributed by atoms with Crippen molar-refractivity contribution in [2.75, 3.05) is 35.9 Å². The van der Waals surface area contributed by atoms with Crippen LogP contribution in [0.2, 0.25) is 0 Å². The number of ether oxygens (including phenoxy) is 1. The van der Waals surface area contributed by atoms with Crippen LogP contribution in [0.4, 0.5) is 17.3 Å². The Balaban J connectivity index is 1.87. The zero-order valence-corrected chi connectivity index (χ0v) is 13.6. The van der Waals surface area contributed by atoms with Gasteiger partial charge in [-0.15, -0.1) is 0 Å². The van der Waals surface area contributed by atoms with Gasteiger partial charge in [0.1, 0.15) is 29.9 Å². The van der Waals surface area contributed by atoms with Gasteiger partial charge in [0, 0.05) is 13.5 Å². The van der Waals surface area contributed by atoms with Crippen molar-refractivity contribution in [3.05, 3.63) is 10.5 Å². The molecule has 3 heterocycles. The normalized spacial score (nSPS) is 26.9. The highest BCUT2D eigenvalue weighted by atomic mass is 31.2. The number of anilines is 3. The van der Waals surface area contributed by atoms with E-state index in [1.807, 2.05) is 0 Å². The monoisotopic (exact) mass is 363 g/mol. The van der Waals surface area contributed by atoms with Crippen molar-refractivity contribution in [2.24, 2.45) is 0 Å². The van der Waals surface area contributed by atoms with Crippen molar-refractivity contribution in [1.29, 1.82) is 0 Å². The van der Waals surface area contributed by atoms with E-state index in [9.17, 15) is 14.5 Å². The molecule has 0 saturated carbocycles. The van der Waals surface area contributed by atoms with E-state index >= 15 is 0 Å². The van der Waals surface area contributed by atoms with Gasteiger partial charge < -0.3 is 35.2 Å². The Morgan fingerprint density at radius 3 is 2.88 bits per heavy atom. The maximum absolute atomic E-state index is 11.6. The second-order valence-electron chi connectivity index (χ2n) is 5.62. The molecular formula is C11H18N5O7P. The molecule has 1 aromatic heterocycles. The quantitative estimate of drug-likeness (QED) is 0.380. The van der Waals surface area contributed by atoms with Gasteiger partial charge in [-0.2, -0.15) is 4.98 Å². The van der Waals surface area contributed by atoms with Crippen LogP contribution in [0.25, 0.3) is 0 Å². The molecule has 0 unspecified atom stereocenters. The molecule has 3 atom stereocenters. The highest BCUT2D eigenvalue weighted by Crippen LogP contribution is 2.44. The van der Waals surface area contributed by atoms with Crippen molar-refractivity contribution in [1.82, 2.24) is 9.97 Å². The van der Waals surface area contributed by atoms with Crippen LogP contribution in [0.1, 0.15) is 6.42 Å². The van der Waals surface area contributed by atoms with Gasteiger partial charge in [0.05, 0.1) is 13.3 Å². The zero-order valence-electron chi connectivity index (χ0n) is 12.7. The van der Waals surface area contributed by atoms with Crippen molar-refractivity contribution in [3.63, 3.8) is 0 Å². The number of nitrogen functional groups attached to an aromatic ring is 1. The number of H-pyrrole nitrogens is 1. The van der Waals surface area contributed by atoms with Gasteiger partial charge in [0.2, 0.25) is 0 Å². The summed E-state index contributed by atoms with van der Waals surface area (Å²) in [5, 5.41) is 9.35. The van der Waals surface area contributed by atoms with Gasteiger partial charge >= 0.3 is 13.5 Å². The van der Waals surface area contributed by atoms with Crippen LogP contribution in [0.3, 0.4) is 0 Å². The van der Waals surface area contributed by atoms with Crippen molar-refractivity contribution < 1.29 is 28.7 Å². The first-order chi connectivity index (χ1) is 11.2. The van der Waals surface area contributed by atoms with Crippen molar-refractivity contribution in [3.8, 4) is 0 Å². The number of aromatic nitrogens is 2. The maximum Gasteiger partial charge on any atom is 0.469 e. The first-order valence-corrected chi connectivity index (χ1v) is 8.60. The fourth-order valence-corrected chi connectivity index (χ4v) is 3.56. The molecule has 1 aromatic rings. The summed E-state index contributed by atoms with van der Waals surface area (Å²) in [6, 6.07) is 0. The Kier molecular flexibility index (Phi) is 4.28. The largest absolute Gasteiger partial charge is 0.469 e. The van der Waals surface area contributed by atoms with Crippen LogP contribution in [-0.4, -0.2) is 63.6 Å². The average Bonchev–Trinajstić information content (AvgIpc) is 2.98. The number of rotatable bonds is 4. The molecule has 6 N–H and O–H groups in total. The van der Waals surface area contributed by atoms with E-state index in [2.05, 4.69) is 14.5 Å². The lowest BCUT2D eigenvalue weighted by molar-refractivity contribution is -0.0216. The Morgan fingerprint density at radius 2 is 2.25 bits per heavy atom. The molecule has 0 radical (unpaired) electrons. The minimum Gasteiger partial charge on any atom is -0.394 e. The Labute approximate surface area is 136 Å². The predicted octanol–water partition coefficient (Wildman–Crippen LogP) is -1.85. The molecular weight excluding hydrogens is 345 g/mol. The van der Waals surface area contributed by atoms with Crippen LogP contribution in [0.5, 0.6) is 0 Å². The number of nitrogens with zero attached hydrogens (tertiary/aromatic N) is 3. The van der Waals surface area contributed by atoms with E-state index in [1.54, 1.807) is 16.8 Å². The summed E-state index contributed by atoms with van der Waals surface area (Å²) in [6.45, 7) is -0.169. The summed E-state index contributed by atoms with van der Waals surface area (Å²) < 4.78 is 21.4. The van der Waals surface area contributed by atoms with Gasteiger partial charge in [-0.3, -0.25) is 9.51 Å². The van der Waals surface area contributed by atoms with Crippen LogP contribution >= 0.6 is 7.82 Å². The van der Waals surface area contributed by atoms with Crippen LogP contribution in [-0.2, 0) is 13.8 Å². The smallest absolute Gasteiger partial charge is 0.394 e. The van der Waals surface area contributed by atoms with Crippen LogP contribution < -0.4 is 21.2 Å². The van der Waals surface area contributed by atoms with Gasteiger partial charge in [-0.05, 0) is 0 Å². The lowest BCUT2D eigenvalue weighted by atomic mass is 10.2. The standard InChI is InChI=1S/C11H18N5O7P/c1-15-4-16(10-8(15)9(12)13-11(18)14-10)7-2-5(6(3-17)22-7)23-24(19,20)21/h5-7,17H,2-4H2,1H3,(H2,19,20,21)(H3,12,13,14,18)/t5-,6+,7+/m0/s1. The number of phosphoric acid groups is 1. The third kappa shape index (κ3) is 3.11. The summed E-state index contributed by atoms with van der Waals surface area (Å²) in [5.41, 5.74) is 5.72. The number of nitrogens with one attached hydrogen (secondary N) is 1. The van der Waals surface area contributed by atoms with Gasteiger partial charge in [0.15, 0.2) is 5.82 Å². The maximum atomic E-state index is 11.6. The van der Waals surface area contributed by atoms with Crippen LogP contribution in [0.15, 0.2) is 4.79 Å². The van der Waals surface area contributed by atoms with Gasteiger partial charge in [-0.25, -0.2) is 9.36 Å². The van der Waals surface area contributed by atoms with E-state index in [0.29, 0.717) is 18.2 Å². The van der Waals surface area contributed by atoms with Crippen molar-refractivity contribution >= 4 is 25.1 Å². The molecule has 13 heteroatoms. The zero-order chi connectivity index (χ0) is 17.6. The SMILES string of the molecule is CN1CN([C@H]2C[C@H](OP(=O)(O)O)[C@@H](CO)O2)c2nc(=O)[nH]c(N)c21. The average molecular weight is 363 g/mol. The molecule has 1 saturated heterocycles. The highest BCUT2D eigenvalue weighted by molar-refractivity contribution is 7.46. The first kappa shape index (κ1) is 17.1. The number of aliphatic hydroxyl groups is 1. The number of aliphatic hydroxyl groups excluding tert-OH is 1. The van der Waals surface area contributed by atoms with E-state index in [0.717, 1.165) is 0 Å². The molecule has 24 heavy (non-hydrogen) atoms. The summed E-state index contributed by atoms with van der Waals surface area (Å²) in [6.07, 6.45) is -2.50. The van der Waals surface area contributed by atoms with E-state index in [4.69, 9.17) is 20.3 Å². The summed E-state index contributed by atoms with van der Waals surface area (Å²) in [4.78, 5) is 39.2. The molecule has 0 aliphatic carbocycles. The number of aromatic amines is 1. The summed E-state index contributed by atoms with van der Waals surface area (Å²) in [7, 11) is -2.98. The molecule has 0 aromatic carbocycles. The number of hydrogen-bond donors (Lipinski definition) is 5. The fourth-order valence-electron chi connectivity index (χ4n) is 2.99. The van der Waals surface area contributed by atoms with Crippen molar-refractivity contribution in [2.45, 2.75) is 24.9 Å². The van der Waals surface area contributed by atoms with Crippen LogP contribution in [0, 0.1) is 0 Å². The Hall–Kier alpha value is -1.69. The molecule has 2 aliphatic heterocycles. The fraction of sp³-hybridized carbons (Fsp3) is 0.636. The molecule has 1 fully saturated rings. The van der Waals surface area contributed by atoms with E-state index in [1.165, 1.54) is 0 Å².